The van der Waals surface area contributed by atoms with Crippen molar-refractivity contribution in [3.8, 4) is 0 Å². The molecule has 10 heteroatoms. The van der Waals surface area contributed by atoms with Crippen LogP contribution in [-0.2, 0) is 4.79 Å². The number of aliphatic hydroxyl groups excluding tert-OH is 1. The molecule has 0 heterocycles. The maximum absolute atomic E-state index is 13.5. The normalized spacial score (nSPS) is 13.1. The fraction of sp³-hybridized carbons (Fsp3) is 0.273. The first kappa shape index (κ1) is 16.3. The van der Waals surface area contributed by atoms with Gasteiger partial charge < -0.3 is 20.8 Å². The Labute approximate surface area is 117 Å². The number of carbonyl (C=O) groups is 2. The highest BCUT2D eigenvalue weighted by atomic mass is 19.1. The Morgan fingerprint density at radius 1 is 1.43 bits per heavy atom. The minimum atomic E-state index is -1.58. The summed E-state index contributed by atoms with van der Waals surface area (Å²) in [4.78, 5) is 31.9. The number of carbonyl (C=O) groups excluding carboxylic acids is 1. The summed E-state index contributed by atoms with van der Waals surface area (Å²) in [5, 5.41) is 32.3. The Balaban J connectivity index is 2.79. The summed E-state index contributed by atoms with van der Waals surface area (Å²) in [6.45, 7) is 1.16. The Morgan fingerprint density at radius 2 is 2.05 bits per heavy atom. The molecule has 0 radical (unpaired) electrons. The van der Waals surface area contributed by atoms with Gasteiger partial charge in [-0.1, -0.05) is 0 Å². The van der Waals surface area contributed by atoms with Crippen LogP contribution in [0.15, 0.2) is 18.2 Å². The molecule has 4 N–H and O–H groups in total. The lowest BCUT2D eigenvalue weighted by Gasteiger charge is -2.17. The largest absolute Gasteiger partial charge is 0.480 e. The molecule has 0 saturated heterocycles. The molecule has 0 aliphatic rings. The second kappa shape index (κ2) is 6.61. The van der Waals surface area contributed by atoms with Crippen LogP contribution in [0.5, 0.6) is 0 Å². The zero-order valence-electron chi connectivity index (χ0n) is 10.7. The summed E-state index contributed by atoms with van der Waals surface area (Å²) in [5.41, 5.74) is -0.862. The molecule has 0 aliphatic carbocycles. The molecule has 0 fully saturated rings. The van der Waals surface area contributed by atoms with Crippen LogP contribution in [0.2, 0.25) is 0 Å². The van der Waals surface area contributed by atoms with Crippen molar-refractivity contribution < 1.29 is 29.1 Å². The highest BCUT2D eigenvalue weighted by Gasteiger charge is 2.25. The van der Waals surface area contributed by atoms with Crippen molar-refractivity contribution in [2.45, 2.75) is 19.1 Å². The molecule has 1 rings (SSSR count). The molecular formula is C11H12FN3O6. The molecule has 0 aromatic heterocycles. The summed E-state index contributed by atoms with van der Waals surface area (Å²) in [7, 11) is 0. The molecule has 1 aromatic rings. The number of non-ortho nitro benzene ring substituents is 1. The number of carboxylic acid groups (broad SMARTS) is 1. The van der Waals surface area contributed by atoms with Gasteiger partial charge >= 0.3 is 12.0 Å². The monoisotopic (exact) mass is 301 g/mol. The summed E-state index contributed by atoms with van der Waals surface area (Å²) in [6.07, 6.45) is -1.37. The molecule has 0 bridgehead atoms. The maximum atomic E-state index is 13.5. The smallest absolute Gasteiger partial charge is 0.328 e. The Hall–Kier alpha value is -2.75. The van der Waals surface area contributed by atoms with Crippen LogP contribution < -0.4 is 10.6 Å². The van der Waals surface area contributed by atoms with E-state index in [0.717, 1.165) is 19.1 Å². The SMILES string of the molecule is CC(O)C(NC(=O)Nc1ccc([N+](=O)[O-])cc1F)C(=O)O. The fourth-order valence-electron chi connectivity index (χ4n) is 1.41. The lowest BCUT2D eigenvalue weighted by atomic mass is 10.2. The first-order chi connectivity index (χ1) is 9.72. The number of anilines is 1. The van der Waals surface area contributed by atoms with Crippen molar-refractivity contribution in [2.24, 2.45) is 0 Å². The minimum Gasteiger partial charge on any atom is -0.480 e. The zero-order chi connectivity index (χ0) is 16.2. The van der Waals surface area contributed by atoms with E-state index in [1.807, 2.05) is 10.6 Å². The Morgan fingerprint density at radius 3 is 2.48 bits per heavy atom. The highest BCUT2D eigenvalue weighted by Crippen LogP contribution is 2.20. The van der Waals surface area contributed by atoms with Crippen LogP contribution in [0.1, 0.15) is 6.92 Å². The van der Waals surface area contributed by atoms with Gasteiger partial charge in [0.05, 0.1) is 22.8 Å². The molecule has 2 unspecified atom stereocenters. The molecule has 0 aliphatic heterocycles. The molecule has 2 amide bonds. The van der Waals surface area contributed by atoms with E-state index < -0.39 is 40.6 Å². The van der Waals surface area contributed by atoms with Crippen molar-refractivity contribution in [3.63, 3.8) is 0 Å². The van der Waals surface area contributed by atoms with Crippen LogP contribution >= 0.6 is 0 Å². The second-order valence-corrected chi connectivity index (χ2v) is 4.08. The number of benzene rings is 1. The third-order valence-electron chi connectivity index (χ3n) is 2.45. The van der Waals surface area contributed by atoms with Gasteiger partial charge in [-0.05, 0) is 13.0 Å². The summed E-state index contributed by atoms with van der Waals surface area (Å²) in [6, 6.07) is -0.103. The van der Waals surface area contributed by atoms with Gasteiger partial charge in [0.1, 0.15) is 0 Å². The molecule has 1 aromatic carbocycles. The number of halogens is 1. The minimum absolute atomic E-state index is 0.368. The second-order valence-electron chi connectivity index (χ2n) is 4.08. The molecule has 0 spiro atoms. The van der Waals surface area contributed by atoms with Crippen LogP contribution in [-0.4, -0.2) is 39.3 Å². The van der Waals surface area contributed by atoms with E-state index in [0.29, 0.717) is 6.07 Å². The van der Waals surface area contributed by atoms with E-state index in [9.17, 15) is 29.2 Å². The van der Waals surface area contributed by atoms with Crippen molar-refractivity contribution in [1.82, 2.24) is 5.32 Å². The average Bonchev–Trinajstić information content (AvgIpc) is 2.37. The van der Waals surface area contributed by atoms with E-state index in [-0.39, 0.29) is 5.69 Å². The topological polar surface area (TPSA) is 142 Å². The first-order valence-electron chi connectivity index (χ1n) is 5.64. The van der Waals surface area contributed by atoms with Crippen LogP contribution in [0.25, 0.3) is 0 Å². The summed E-state index contributed by atoms with van der Waals surface area (Å²) >= 11 is 0. The predicted octanol–water partition coefficient (Wildman–Crippen LogP) is 0.689. The van der Waals surface area contributed by atoms with Gasteiger partial charge in [0.15, 0.2) is 11.9 Å². The number of urea groups is 1. The molecule has 2 atom stereocenters. The van der Waals surface area contributed by atoms with Crippen LogP contribution in [0.3, 0.4) is 0 Å². The number of aliphatic carboxylic acids is 1. The number of carboxylic acids is 1. The number of aliphatic hydroxyl groups is 1. The number of nitrogens with one attached hydrogen (secondary N) is 2. The number of hydrogen-bond donors (Lipinski definition) is 4. The van der Waals surface area contributed by atoms with Gasteiger partial charge in [-0.2, -0.15) is 0 Å². The predicted molar refractivity (Wildman–Crippen MR) is 68.3 cm³/mol. The lowest BCUT2D eigenvalue weighted by molar-refractivity contribution is -0.385. The highest BCUT2D eigenvalue weighted by molar-refractivity contribution is 5.92. The molecular weight excluding hydrogens is 289 g/mol. The third-order valence-corrected chi connectivity index (χ3v) is 2.45. The number of hydrogen-bond acceptors (Lipinski definition) is 5. The number of amides is 2. The molecule has 114 valence electrons. The first-order valence-corrected chi connectivity index (χ1v) is 5.64. The van der Waals surface area contributed by atoms with Gasteiger partial charge in [-0.25, -0.2) is 14.0 Å². The number of nitrogens with zero attached hydrogens (tertiary/aromatic N) is 1. The van der Waals surface area contributed by atoms with Crippen molar-refractivity contribution in [3.05, 3.63) is 34.1 Å². The van der Waals surface area contributed by atoms with Crippen molar-refractivity contribution in [1.29, 1.82) is 0 Å². The summed E-state index contributed by atoms with van der Waals surface area (Å²) < 4.78 is 13.5. The molecule has 0 saturated carbocycles. The van der Waals surface area contributed by atoms with Crippen molar-refractivity contribution >= 4 is 23.4 Å². The van der Waals surface area contributed by atoms with Gasteiger partial charge in [0.2, 0.25) is 0 Å². The molecule has 21 heavy (non-hydrogen) atoms. The van der Waals surface area contributed by atoms with E-state index >= 15 is 0 Å². The van der Waals surface area contributed by atoms with Gasteiger partial charge in [-0.15, -0.1) is 0 Å². The third kappa shape index (κ3) is 4.38. The fourth-order valence-corrected chi connectivity index (χ4v) is 1.41. The summed E-state index contributed by atoms with van der Waals surface area (Å²) in [5.74, 6) is -2.52. The standard InChI is InChI=1S/C11H12FN3O6/c1-5(16)9(10(17)18)14-11(19)13-8-3-2-6(15(20)21)4-7(8)12/h2-5,9,16H,1H3,(H,17,18)(H2,13,14,19). The number of nitro groups is 1. The Kier molecular flexibility index (Phi) is 5.13. The van der Waals surface area contributed by atoms with E-state index in [1.54, 1.807) is 0 Å². The average molecular weight is 301 g/mol. The quantitative estimate of drug-likeness (QED) is 0.465. The van der Waals surface area contributed by atoms with Crippen molar-refractivity contribution in [2.75, 3.05) is 5.32 Å². The Bertz CT molecular complexity index is 577. The van der Waals surface area contributed by atoms with E-state index in [1.165, 1.54) is 0 Å². The van der Waals surface area contributed by atoms with Gasteiger partial charge in [-0.3, -0.25) is 10.1 Å². The van der Waals surface area contributed by atoms with E-state index in [4.69, 9.17) is 5.11 Å². The van der Waals surface area contributed by atoms with E-state index in [2.05, 4.69) is 0 Å². The lowest BCUT2D eigenvalue weighted by Crippen LogP contribution is -2.49. The van der Waals surface area contributed by atoms with Gasteiger partial charge in [0, 0.05) is 6.07 Å². The zero-order valence-corrected chi connectivity index (χ0v) is 10.7. The van der Waals surface area contributed by atoms with Crippen LogP contribution in [0, 0.1) is 15.9 Å². The number of nitro benzene ring substituents is 1. The molecule has 9 nitrogen and oxygen atoms in total. The van der Waals surface area contributed by atoms with Crippen LogP contribution in [0.4, 0.5) is 20.6 Å². The number of rotatable bonds is 5. The van der Waals surface area contributed by atoms with Gasteiger partial charge in [0.25, 0.3) is 5.69 Å². The maximum Gasteiger partial charge on any atom is 0.328 e.